The van der Waals surface area contributed by atoms with Gasteiger partial charge < -0.3 is 10.6 Å². The Hall–Kier alpha value is -0.870. The summed E-state index contributed by atoms with van der Waals surface area (Å²) < 4.78 is 0. The molecule has 1 aromatic rings. The van der Waals surface area contributed by atoms with Gasteiger partial charge in [0, 0.05) is 18.1 Å². The molecule has 2 bridgehead atoms. The van der Waals surface area contributed by atoms with E-state index in [0.717, 1.165) is 18.4 Å². The third kappa shape index (κ3) is 2.69. The Labute approximate surface area is 106 Å². The maximum absolute atomic E-state index is 11.9. The molecule has 0 aliphatic carbocycles. The Morgan fingerprint density at radius 3 is 2.82 bits per heavy atom. The first kappa shape index (κ1) is 11.2. The number of amides is 1. The zero-order valence-electron chi connectivity index (χ0n) is 9.82. The Morgan fingerprint density at radius 2 is 2.18 bits per heavy atom. The van der Waals surface area contributed by atoms with E-state index in [1.807, 2.05) is 16.8 Å². The van der Waals surface area contributed by atoms with Crippen LogP contribution in [0.15, 0.2) is 16.8 Å². The molecule has 1 amide bonds. The summed E-state index contributed by atoms with van der Waals surface area (Å²) in [5.41, 5.74) is 1.13. The summed E-state index contributed by atoms with van der Waals surface area (Å²) in [7, 11) is 0. The quantitative estimate of drug-likeness (QED) is 0.857. The van der Waals surface area contributed by atoms with Gasteiger partial charge >= 0.3 is 0 Å². The first-order chi connectivity index (χ1) is 8.29. The number of hydrogen-bond donors (Lipinski definition) is 2. The van der Waals surface area contributed by atoms with Crippen LogP contribution in [0.5, 0.6) is 0 Å². The van der Waals surface area contributed by atoms with Crippen LogP contribution in [0.25, 0.3) is 0 Å². The highest BCUT2D eigenvalue weighted by Crippen LogP contribution is 2.26. The molecular formula is C13H18N2OS. The zero-order valence-corrected chi connectivity index (χ0v) is 10.6. The fourth-order valence-corrected chi connectivity index (χ4v) is 3.70. The van der Waals surface area contributed by atoms with Crippen LogP contribution in [0.2, 0.25) is 0 Å². The third-order valence-corrected chi connectivity index (χ3v) is 4.52. The molecule has 3 rings (SSSR count). The lowest BCUT2D eigenvalue weighted by Gasteiger charge is -2.29. The van der Waals surface area contributed by atoms with Crippen LogP contribution in [0.3, 0.4) is 0 Å². The second-order valence-electron chi connectivity index (χ2n) is 5.18. The van der Waals surface area contributed by atoms with Crippen LogP contribution >= 0.6 is 11.3 Å². The average Bonchev–Trinajstić information content (AvgIpc) is 2.89. The van der Waals surface area contributed by atoms with E-state index in [4.69, 9.17) is 0 Å². The van der Waals surface area contributed by atoms with E-state index in [0.29, 0.717) is 24.5 Å². The molecule has 2 aliphatic heterocycles. The topological polar surface area (TPSA) is 41.1 Å². The van der Waals surface area contributed by atoms with Crippen LogP contribution in [0, 0.1) is 0 Å². The predicted octanol–water partition coefficient (Wildman–Crippen LogP) is 1.69. The molecule has 0 aromatic carbocycles. The van der Waals surface area contributed by atoms with E-state index in [9.17, 15) is 4.79 Å². The van der Waals surface area contributed by atoms with E-state index < -0.39 is 0 Å². The lowest BCUT2D eigenvalue weighted by Crippen LogP contribution is -2.48. The van der Waals surface area contributed by atoms with Gasteiger partial charge in [0.15, 0.2) is 0 Å². The lowest BCUT2D eigenvalue weighted by atomic mass is 9.99. The van der Waals surface area contributed by atoms with Gasteiger partial charge in [-0.2, -0.15) is 11.3 Å². The normalized spacial score (nSPS) is 31.4. The molecule has 1 aromatic heterocycles. The highest BCUT2D eigenvalue weighted by molar-refractivity contribution is 7.07. The molecule has 17 heavy (non-hydrogen) atoms. The average molecular weight is 250 g/mol. The van der Waals surface area contributed by atoms with Crippen molar-refractivity contribution >= 4 is 17.2 Å². The van der Waals surface area contributed by atoms with Gasteiger partial charge in [0.25, 0.3) is 0 Å². The fraction of sp³-hybridized carbons (Fsp3) is 0.615. The molecule has 3 nitrogen and oxygen atoms in total. The fourth-order valence-electron chi connectivity index (χ4n) is 3.03. The number of rotatable bonds is 3. The maximum atomic E-state index is 11.9. The summed E-state index contributed by atoms with van der Waals surface area (Å²) >= 11 is 1.65. The largest absolute Gasteiger partial charge is 0.353 e. The molecule has 3 heterocycles. The van der Waals surface area contributed by atoms with Crippen molar-refractivity contribution in [3.63, 3.8) is 0 Å². The van der Waals surface area contributed by atoms with E-state index in [-0.39, 0.29) is 5.91 Å². The van der Waals surface area contributed by atoms with Crippen molar-refractivity contribution in [3.05, 3.63) is 22.4 Å². The second kappa shape index (κ2) is 4.78. The van der Waals surface area contributed by atoms with Gasteiger partial charge in [0.2, 0.25) is 5.91 Å². The summed E-state index contributed by atoms with van der Waals surface area (Å²) in [5.74, 6) is 0.176. The second-order valence-corrected chi connectivity index (χ2v) is 5.96. The predicted molar refractivity (Wildman–Crippen MR) is 69.1 cm³/mol. The lowest BCUT2D eigenvalue weighted by molar-refractivity contribution is -0.121. The van der Waals surface area contributed by atoms with Crippen LogP contribution < -0.4 is 10.6 Å². The first-order valence-corrected chi connectivity index (χ1v) is 7.30. The molecule has 2 N–H and O–H groups in total. The molecule has 4 heteroatoms. The third-order valence-electron chi connectivity index (χ3n) is 3.78. The molecule has 92 valence electrons. The van der Waals surface area contributed by atoms with Gasteiger partial charge in [0.05, 0.1) is 6.42 Å². The molecule has 2 atom stereocenters. The minimum absolute atomic E-state index is 0.176. The minimum Gasteiger partial charge on any atom is -0.353 e. The molecule has 2 aliphatic rings. The number of carbonyl (C=O) groups excluding carboxylic acids is 1. The highest BCUT2D eigenvalue weighted by Gasteiger charge is 2.33. The standard InChI is InChI=1S/C13H18N2OS/c16-13(5-9-3-4-17-8-9)15-12-6-10-1-2-11(7-12)14-10/h3-4,8,10-12,14H,1-2,5-7H2,(H,15,16). The van der Waals surface area contributed by atoms with E-state index in [1.165, 1.54) is 12.8 Å². The van der Waals surface area contributed by atoms with Crippen LogP contribution in [0.4, 0.5) is 0 Å². The Kier molecular flexibility index (Phi) is 3.16. The number of nitrogens with one attached hydrogen (secondary N) is 2. The summed E-state index contributed by atoms with van der Waals surface area (Å²) in [6, 6.07) is 3.69. The van der Waals surface area contributed by atoms with Crippen molar-refractivity contribution in [2.24, 2.45) is 0 Å². The summed E-state index contributed by atoms with van der Waals surface area (Å²) in [6.45, 7) is 0. The zero-order chi connectivity index (χ0) is 11.7. The molecule has 2 unspecified atom stereocenters. The number of carbonyl (C=O) groups is 1. The molecule has 0 spiro atoms. The van der Waals surface area contributed by atoms with E-state index >= 15 is 0 Å². The van der Waals surface area contributed by atoms with Crippen molar-refractivity contribution < 1.29 is 4.79 Å². The minimum atomic E-state index is 0.176. The smallest absolute Gasteiger partial charge is 0.224 e. The molecular weight excluding hydrogens is 232 g/mol. The Morgan fingerprint density at radius 1 is 1.41 bits per heavy atom. The SMILES string of the molecule is O=C(Cc1ccsc1)NC1CC2CCC(C1)N2. The molecule has 0 saturated carbocycles. The van der Waals surface area contributed by atoms with Crippen LogP contribution in [-0.2, 0) is 11.2 Å². The van der Waals surface area contributed by atoms with Crippen molar-refractivity contribution in [1.82, 2.24) is 10.6 Å². The highest BCUT2D eigenvalue weighted by atomic mass is 32.1. The van der Waals surface area contributed by atoms with Crippen molar-refractivity contribution in [1.29, 1.82) is 0 Å². The van der Waals surface area contributed by atoms with Gasteiger partial charge in [-0.1, -0.05) is 0 Å². The van der Waals surface area contributed by atoms with Crippen molar-refractivity contribution in [2.75, 3.05) is 0 Å². The maximum Gasteiger partial charge on any atom is 0.224 e. The monoisotopic (exact) mass is 250 g/mol. The van der Waals surface area contributed by atoms with Gasteiger partial charge in [-0.25, -0.2) is 0 Å². The number of hydrogen-bond acceptors (Lipinski definition) is 3. The summed E-state index contributed by atoms with van der Waals surface area (Å²) in [4.78, 5) is 11.9. The molecule has 2 saturated heterocycles. The first-order valence-electron chi connectivity index (χ1n) is 6.36. The van der Waals surface area contributed by atoms with Crippen molar-refractivity contribution in [2.45, 2.75) is 50.2 Å². The number of fused-ring (bicyclic) bond motifs is 2. The molecule has 2 fully saturated rings. The van der Waals surface area contributed by atoms with Crippen LogP contribution in [-0.4, -0.2) is 24.0 Å². The Bertz CT molecular complexity index is 378. The van der Waals surface area contributed by atoms with Gasteiger partial charge in [0.1, 0.15) is 0 Å². The summed E-state index contributed by atoms with van der Waals surface area (Å²) in [6.07, 6.45) is 5.30. The van der Waals surface area contributed by atoms with Gasteiger partial charge in [-0.15, -0.1) is 0 Å². The van der Waals surface area contributed by atoms with E-state index in [1.54, 1.807) is 11.3 Å². The van der Waals surface area contributed by atoms with E-state index in [2.05, 4.69) is 10.6 Å². The number of thiophene rings is 1. The number of piperidine rings is 1. The van der Waals surface area contributed by atoms with Crippen molar-refractivity contribution in [3.8, 4) is 0 Å². The Balaban J connectivity index is 1.51. The van der Waals surface area contributed by atoms with Gasteiger partial charge in [-0.05, 0) is 48.1 Å². The molecule has 0 radical (unpaired) electrons. The van der Waals surface area contributed by atoms with Gasteiger partial charge in [-0.3, -0.25) is 4.79 Å². The summed E-state index contributed by atoms with van der Waals surface area (Å²) in [5, 5.41) is 10.8. The van der Waals surface area contributed by atoms with Crippen LogP contribution in [0.1, 0.15) is 31.2 Å².